The van der Waals surface area contributed by atoms with Gasteiger partial charge in [-0.1, -0.05) is 17.8 Å². The van der Waals surface area contributed by atoms with Crippen molar-refractivity contribution in [2.24, 2.45) is 0 Å². The molecule has 0 saturated heterocycles. The highest BCUT2D eigenvalue weighted by atomic mass is 16.5. The van der Waals surface area contributed by atoms with E-state index in [0.717, 1.165) is 16.5 Å². The standard InChI is InChI=1S/C13H9N3O/c1-2-12-15-13(16-17-12)10-5-6-11-9(8-10)4-3-7-14-11/h2-8H,1H2. The number of fused-ring (bicyclic) bond motifs is 1. The first kappa shape index (κ1) is 9.72. The van der Waals surface area contributed by atoms with Crippen LogP contribution in [0.5, 0.6) is 0 Å². The van der Waals surface area contributed by atoms with E-state index in [4.69, 9.17) is 4.52 Å². The Kier molecular flexibility index (Phi) is 2.19. The van der Waals surface area contributed by atoms with E-state index in [1.807, 2.05) is 30.3 Å². The summed E-state index contributed by atoms with van der Waals surface area (Å²) in [6.07, 6.45) is 3.30. The van der Waals surface area contributed by atoms with Crippen LogP contribution in [0, 0.1) is 0 Å². The lowest BCUT2D eigenvalue weighted by molar-refractivity contribution is 0.411. The van der Waals surface area contributed by atoms with Crippen LogP contribution in [-0.2, 0) is 0 Å². The Balaban J connectivity index is 2.14. The summed E-state index contributed by atoms with van der Waals surface area (Å²) in [4.78, 5) is 8.45. The molecule has 0 aliphatic heterocycles. The van der Waals surface area contributed by atoms with Gasteiger partial charge in [0.2, 0.25) is 11.7 Å². The molecule has 2 heterocycles. The average molecular weight is 223 g/mol. The van der Waals surface area contributed by atoms with E-state index in [1.165, 1.54) is 6.08 Å². The summed E-state index contributed by atoms with van der Waals surface area (Å²) in [5.74, 6) is 0.983. The average Bonchev–Trinajstić information content (AvgIpc) is 2.87. The van der Waals surface area contributed by atoms with E-state index in [-0.39, 0.29) is 0 Å². The Morgan fingerprint density at radius 1 is 1.24 bits per heavy atom. The molecule has 82 valence electrons. The molecule has 0 fully saturated rings. The number of rotatable bonds is 2. The topological polar surface area (TPSA) is 51.8 Å². The summed E-state index contributed by atoms with van der Waals surface area (Å²) in [7, 11) is 0. The maximum absolute atomic E-state index is 4.99. The summed E-state index contributed by atoms with van der Waals surface area (Å²) in [6.45, 7) is 3.58. The Bertz CT molecular complexity index is 688. The Morgan fingerprint density at radius 2 is 2.18 bits per heavy atom. The van der Waals surface area contributed by atoms with Gasteiger partial charge in [0.1, 0.15) is 0 Å². The van der Waals surface area contributed by atoms with E-state index in [2.05, 4.69) is 21.7 Å². The number of pyridine rings is 1. The third kappa shape index (κ3) is 1.69. The minimum absolute atomic E-state index is 0.422. The number of hydrogen-bond donors (Lipinski definition) is 0. The third-order valence-corrected chi connectivity index (χ3v) is 2.48. The molecule has 2 aromatic heterocycles. The van der Waals surface area contributed by atoms with Crippen molar-refractivity contribution in [1.29, 1.82) is 0 Å². The second-order valence-electron chi connectivity index (χ2n) is 3.57. The third-order valence-electron chi connectivity index (χ3n) is 2.48. The van der Waals surface area contributed by atoms with Crippen LogP contribution in [0.2, 0.25) is 0 Å². The zero-order chi connectivity index (χ0) is 11.7. The molecule has 4 heteroatoms. The van der Waals surface area contributed by atoms with E-state index >= 15 is 0 Å². The molecule has 0 radical (unpaired) electrons. The predicted octanol–water partition coefficient (Wildman–Crippen LogP) is 2.93. The van der Waals surface area contributed by atoms with Crippen molar-refractivity contribution in [3.8, 4) is 11.4 Å². The van der Waals surface area contributed by atoms with Crippen LogP contribution in [-0.4, -0.2) is 15.1 Å². The zero-order valence-electron chi connectivity index (χ0n) is 9.00. The van der Waals surface area contributed by atoms with Gasteiger partial charge in [-0.25, -0.2) is 0 Å². The first-order valence-electron chi connectivity index (χ1n) is 5.18. The largest absolute Gasteiger partial charge is 0.334 e. The van der Waals surface area contributed by atoms with E-state index in [0.29, 0.717) is 11.7 Å². The Hall–Kier alpha value is -2.49. The fourth-order valence-corrected chi connectivity index (χ4v) is 1.65. The molecule has 4 nitrogen and oxygen atoms in total. The summed E-state index contributed by atoms with van der Waals surface area (Å²) in [5, 5.41) is 4.94. The summed E-state index contributed by atoms with van der Waals surface area (Å²) >= 11 is 0. The first-order valence-corrected chi connectivity index (χ1v) is 5.18. The van der Waals surface area contributed by atoms with Gasteiger partial charge in [0, 0.05) is 17.1 Å². The molecule has 0 bridgehead atoms. The molecule has 0 N–H and O–H groups in total. The second kappa shape index (κ2) is 3.83. The fourth-order valence-electron chi connectivity index (χ4n) is 1.65. The second-order valence-corrected chi connectivity index (χ2v) is 3.57. The smallest absolute Gasteiger partial charge is 0.250 e. The molecular weight excluding hydrogens is 214 g/mol. The van der Waals surface area contributed by atoms with Crippen LogP contribution in [0.1, 0.15) is 5.89 Å². The summed E-state index contributed by atoms with van der Waals surface area (Å²) in [6, 6.07) is 9.75. The highest BCUT2D eigenvalue weighted by Gasteiger charge is 2.06. The highest BCUT2D eigenvalue weighted by Crippen LogP contribution is 2.21. The molecule has 0 amide bonds. The molecule has 3 aromatic rings. The van der Waals surface area contributed by atoms with Crippen LogP contribution in [0.4, 0.5) is 0 Å². The SMILES string of the molecule is C=Cc1nc(-c2ccc3ncccc3c2)no1. The maximum atomic E-state index is 4.99. The van der Waals surface area contributed by atoms with Crippen LogP contribution in [0.15, 0.2) is 47.6 Å². The molecule has 3 rings (SSSR count). The van der Waals surface area contributed by atoms with Gasteiger partial charge in [0.05, 0.1) is 5.52 Å². The predicted molar refractivity (Wildman–Crippen MR) is 65.1 cm³/mol. The van der Waals surface area contributed by atoms with Crippen LogP contribution in [0.3, 0.4) is 0 Å². The Labute approximate surface area is 97.6 Å². The number of hydrogen-bond acceptors (Lipinski definition) is 4. The number of aromatic nitrogens is 3. The maximum Gasteiger partial charge on any atom is 0.250 e. The van der Waals surface area contributed by atoms with Crippen molar-refractivity contribution in [1.82, 2.24) is 15.1 Å². The van der Waals surface area contributed by atoms with E-state index < -0.39 is 0 Å². The van der Waals surface area contributed by atoms with Crippen molar-refractivity contribution < 1.29 is 4.52 Å². The molecule has 1 aromatic carbocycles. The molecule has 0 aliphatic carbocycles. The molecule has 0 aliphatic rings. The van der Waals surface area contributed by atoms with E-state index in [9.17, 15) is 0 Å². The van der Waals surface area contributed by atoms with Gasteiger partial charge in [-0.15, -0.1) is 0 Å². The van der Waals surface area contributed by atoms with Gasteiger partial charge in [-0.05, 0) is 30.3 Å². The van der Waals surface area contributed by atoms with Gasteiger partial charge in [0.15, 0.2) is 0 Å². The fraction of sp³-hybridized carbons (Fsp3) is 0. The van der Waals surface area contributed by atoms with Crippen molar-refractivity contribution in [3.63, 3.8) is 0 Å². The minimum atomic E-state index is 0.422. The lowest BCUT2D eigenvalue weighted by Crippen LogP contribution is -1.83. The molecule has 17 heavy (non-hydrogen) atoms. The number of benzene rings is 1. The lowest BCUT2D eigenvalue weighted by Gasteiger charge is -1.98. The van der Waals surface area contributed by atoms with Crippen molar-refractivity contribution in [2.75, 3.05) is 0 Å². The van der Waals surface area contributed by atoms with Gasteiger partial charge in [-0.3, -0.25) is 4.98 Å². The van der Waals surface area contributed by atoms with Gasteiger partial charge >= 0.3 is 0 Å². The van der Waals surface area contributed by atoms with Crippen LogP contribution >= 0.6 is 0 Å². The van der Waals surface area contributed by atoms with Gasteiger partial charge in [-0.2, -0.15) is 4.98 Å². The molecular formula is C13H9N3O. The van der Waals surface area contributed by atoms with Crippen LogP contribution in [0.25, 0.3) is 28.4 Å². The number of nitrogens with zero attached hydrogens (tertiary/aromatic N) is 3. The van der Waals surface area contributed by atoms with E-state index in [1.54, 1.807) is 6.20 Å². The quantitative estimate of drug-likeness (QED) is 0.670. The molecule has 0 saturated carbocycles. The molecule has 0 spiro atoms. The van der Waals surface area contributed by atoms with Gasteiger partial charge in [0.25, 0.3) is 0 Å². The van der Waals surface area contributed by atoms with Crippen LogP contribution < -0.4 is 0 Å². The zero-order valence-corrected chi connectivity index (χ0v) is 9.00. The van der Waals surface area contributed by atoms with Crippen molar-refractivity contribution >= 4 is 17.0 Å². The Morgan fingerprint density at radius 3 is 3.00 bits per heavy atom. The summed E-state index contributed by atoms with van der Waals surface area (Å²) in [5.41, 5.74) is 1.85. The molecule has 0 atom stereocenters. The highest BCUT2D eigenvalue weighted by molar-refractivity contribution is 5.83. The first-order chi connectivity index (χ1) is 8.36. The van der Waals surface area contributed by atoms with Gasteiger partial charge < -0.3 is 4.52 Å². The monoisotopic (exact) mass is 223 g/mol. The van der Waals surface area contributed by atoms with Crippen molar-refractivity contribution in [2.45, 2.75) is 0 Å². The lowest BCUT2D eigenvalue weighted by atomic mass is 10.1. The van der Waals surface area contributed by atoms with Crippen molar-refractivity contribution in [3.05, 3.63) is 49.0 Å². The minimum Gasteiger partial charge on any atom is -0.334 e. The summed E-state index contributed by atoms with van der Waals surface area (Å²) < 4.78 is 4.99. The normalized spacial score (nSPS) is 10.6. The molecule has 0 unspecified atom stereocenters.